The predicted molar refractivity (Wildman–Crippen MR) is 68.2 cm³/mol. The monoisotopic (exact) mass is 237 g/mol. The summed E-state index contributed by atoms with van der Waals surface area (Å²) in [6.07, 6.45) is 4.03. The molecule has 2 rings (SSSR count). The zero-order valence-electron chi connectivity index (χ0n) is 11.3. The molecule has 1 aromatic rings. The van der Waals surface area contributed by atoms with Gasteiger partial charge >= 0.3 is 0 Å². The zero-order chi connectivity index (χ0) is 12.5. The lowest BCUT2D eigenvalue weighted by Gasteiger charge is -2.13. The Morgan fingerprint density at radius 3 is 2.71 bits per heavy atom. The molecule has 0 atom stereocenters. The second kappa shape index (κ2) is 4.69. The third-order valence-corrected chi connectivity index (χ3v) is 3.99. The fourth-order valence-electron chi connectivity index (χ4n) is 2.42. The Balaban J connectivity index is 1.94. The number of aromatic nitrogens is 2. The van der Waals surface area contributed by atoms with E-state index in [1.54, 1.807) is 11.8 Å². The number of hydrogen-bond acceptors (Lipinski definition) is 3. The fraction of sp³-hybridized carbons (Fsp3) is 0.769. The summed E-state index contributed by atoms with van der Waals surface area (Å²) in [4.78, 5) is 0. The van der Waals surface area contributed by atoms with Crippen molar-refractivity contribution in [1.29, 1.82) is 0 Å². The second-order valence-corrected chi connectivity index (χ2v) is 5.15. The van der Waals surface area contributed by atoms with Gasteiger partial charge in [-0.25, -0.2) is 4.68 Å². The highest BCUT2D eigenvalue weighted by Crippen LogP contribution is 2.47. The van der Waals surface area contributed by atoms with Crippen molar-refractivity contribution in [3.8, 4) is 5.88 Å². The molecule has 4 nitrogen and oxygen atoms in total. The van der Waals surface area contributed by atoms with E-state index in [9.17, 15) is 0 Å². The van der Waals surface area contributed by atoms with E-state index in [1.165, 1.54) is 24.8 Å². The molecule has 1 N–H and O–H groups in total. The molecule has 0 amide bonds. The Labute approximate surface area is 103 Å². The van der Waals surface area contributed by atoms with E-state index in [4.69, 9.17) is 4.74 Å². The smallest absolute Gasteiger partial charge is 0.216 e. The first-order valence-corrected chi connectivity index (χ1v) is 6.39. The van der Waals surface area contributed by atoms with E-state index < -0.39 is 0 Å². The van der Waals surface area contributed by atoms with Crippen molar-refractivity contribution in [3.05, 3.63) is 11.3 Å². The highest BCUT2D eigenvalue weighted by Gasteiger charge is 2.39. The van der Waals surface area contributed by atoms with E-state index >= 15 is 0 Å². The highest BCUT2D eigenvalue weighted by molar-refractivity contribution is 5.30. The van der Waals surface area contributed by atoms with Gasteiger partial charge in [-0.05, 0) is 31.6 Å². The van der Waals surface area contributed by atoms with Gasteiger partial charge in [-0.15, -0.1) is 0 Å². The van der Waals surface area contributed by atoms with Crippen molar-refractivity contribution in [2.45, 2.75) is 39.7 Å². The first-order valence-electron chi connectivity index (χ1n) is 6.39. The molecule has 1 aliphatic rings. The topological polar surface area (TPSA) is 39.1 Å². The number of rotatable bonds is 6. The second-order valence-electron chi connectivity index (χ2n) is 5.15. The molecule has 0 spiro atoms. The lowest BCUT2D eigenvalue weighted by Crippen LogP contribution is -2.23. The van der Waals surface area contributed by atoms with E-state index in [0.29, 0.717) is 5.41 Å². The van der Waals surface area contributed by atoms with Crippen LogP contribution in [0.4, 0.5) is 0 Å². The number of ether oxygens (including phenoxy) is 1. The van der Waals surface area contributed by atoms with Crippen LogP contribution in [0.25, 0.3) is 0 Å². The van der Waals surface area contributed by atoms with E-state index in [2.05, 4.69) is 17.3 Å². The van der Waals surface area contributed by atoms with Crippen LogP contribution in [-0.2, 0) is 13.6 Å². The van der Waals surface area contributed by atoms with Crippen LogP contribution in [0, 0.1) is 12.3 Å². The van der Waals surface area contributed by atoms with Gasteiger partial charge in [0.05, 0.1) is 18.4 Å². The van der Waals surface area contributed by atoms with E-state index in [0.717, 1.165) is 24.7 Å². The first kappa shape index (κ1) is 12.4. The lowest BCUT2D eigenvalue weighted by atomic mass is 10.0. The molecule has 1 aliphatic carbocycles. The number of nitrogens with zero attached hydrogens (tertiary/aromatic N) is 2. The average molecular weight is 237 g/mol. The van der Waals surface area contributed by atoms with Crippen molar-refractivity contribution >= 4 is 0 Å². The fourth-order valence-corrected chi connectivity index (χ4v) is 2.42. The number of aryl methyl sites for hydroxylation is 2. The van der Waals surface area contributed by atoms with E-state index in [-0.39, 0.29) is 0 Å². The molecule has 0 aliphatic heterocycles. The van der Waals surface area contributed by atoms with Crippen molar-refractivity contribution in [2.24, 2.45) is 12.5 Å². The van der Waals surface area contributed by atoms with Gasteiger partial charge in [0.1, 0.15) is 0 Å². The Hall–Kier alpha value is -1.03. The van der Waals surface area contributed by atoms with Crippen molar-refractivity contribution in [2.75, 3.05) is 13.7 Å². The van der Waals surface area contributed by atoms with Crippen LogP contribution in [0.15, 0.2) is 0 Å². The Kier molecular flexibility index (Phi) is 3.43. The molecular weight excluding hydrogens is 214 g/mol. The van der Waals surface area contributed by atoms with Crippen molar-refractivity contribution in [1.82, 2.24) is 15.1 Å². The maximum atomic E-state index is 5.38. The summed E-state index contributed by atoms with van der Waals surface area (Å²) in [5.41, 5.74) is 2.82. The summed E-state index contributed by atoms with van der Waals surface area (Å²) in [6.45, 7) is 6.28. The Morgan fingerprint density at radius 2 is 2.18 bits per heavy atom. The lowest BCUT2D eigenvalue weighted by molar-refractivity contribution is 0.366. The molecule has 0 radical (unpaired) electrons. The van der Waals surface area contributed by atoms with Gasteiger partial charge in [0.15, 0.2) is 0 Å². The summed E-state index contributed by atoms with van der Waals surface area (Å²) in [5.74, 6) is 0.872. The molecule has 1 saturated carbocycles. The zero-order valence-corrected chi connectivity index (χ0v) is 11.3. The SMILES string of the molecule is CCC1(CNCc2c(C)nn(C)c2OC)CC1. The molecule has 0 saturated heterocycles. The van der Waals surface area contributed by atoms with Crippen LogP contribution < -0.4 is 10.1 Å². The molecule has 1 aromatic heterocycles. The van der Waals surface area contributed by atoms with Crippen LogP contribution in [0.1, 0.15) is 37.4 Å². The maximum absolute atomic E-state index is 5.38. The van der Waals surface area contributed by atoms with Crippen molar-refractivity contribution in [3.63, 3.8) is 0 Å². The normalized spacial score (nSPS) is 17.2. The standard InChI is InChI=1S/C13H23N3O/c1-5-13(6-7-13)9-14-8-11-10(2)15-16(3)12(11)17-4/h14H,5-9H2,1-4H3. The molecule has 96 valence electrons. The minimum atomic E-state index is 0.587. The predicted octanol–water partition coefficient (Wildman–Crippen LogP) is 2.02. The summed E-state index contributed by atoms with van der Waals surface area (Å²) in [5, 5.41) is 7.94. The van der Waals surface area contributed by atoms with Crippen molar-refractivity contribution < 1.29 is 4.74 Å². The minimum Gasteiger partial charge on any atom is -0.481 e. The van der Waals surface area contributed by atoms with E-state index in [1.807, 2.05) is 14.0 Å². The molecule has 1 heterocycles. The third kappa shape index (κ3) is 2.46. The third-order valence-electron chi connectivity index (χ3n) is 3.99. The molecule has 0 unspecified atom stereocenters. The van der Waals surface area contributed by atoms with Gasteiger partial charge in [0.25, 0.3) is 0 Å². The largest absolute Gasteiger partial charge is 0.481 e. The first-order chi connectivity index (χ1) is 8.12. The summed E-state index contributed by atoms with van der Waals surface area (Å²) >= 11 is 0. The van der Waals surface area contributed by atoms with Gasteiger partial charge < -0.3 is 10.1 Å². The van der Waals surface area contributed by atoms with Gasteiger partial charge in [0, 0.05) is 20.1 Å². The molecule has 0 aromatic carbocycles. The highest BCUT2D eigenvalue weighted by atomic mass is 16.5. The van der Waals surface area contributed by atoms with Gasteiger partial charge in [-0.2, -0.15) is 5.10 Å². The van der Waals surface area contributed by atoms with Gasteiger partial charge in [0.2, 0.25) is 5.88 Å². The molecular formula is C13H23N3O. The maximum Gasteiger partial charge on any atom is 0.216 e. The summed E-state index contributed by atoms with van der Waals surface area (Å²) < 4.78 is 7.19. The molecule has 17 heavy (non-hydrogen) atoms. The number of methoxy groups -OCH3 is 1. The van der Waals surface area contributed by atoms with Crippen LogP contribution in [0.2, 0.25) is 0 Å². The van der Waals surface area contributed by atoms with Crippen LogP contribution >= 0.6 is 0 Å². The molecule has 0 bridgehead atoms. The van der Waals surface area contributed by atoms with Crippen LogP contribution in [0.5, 0.6) is 5.88 Å². The van der Waals surface area contributed by atoms with Gasteiger partial charge in [-0.1, -0.05) is 6.92 Å². The molecule has 1 fully saturated rings. The Bertz CT molecular complexity index is 394. The van der Waals surface area contributed by atoms with Crippen LogP contribution in [0.3, 0.4) is 0 Å². The number of hydrogen-bond donors (Lipinski definition) is 1. The number of nitrogens with one attached hydrogen (secondary N) is 1. The Morgan fingerprint density at radius 1 is 1.47 bits per heavy atom. The average Bonchev–Trinajstić information content (AvgIpc) is 3.03. The summed E-state index contributed by atoms with van der Waals surface area (Å²) in [7, 11) is 3.62. The summed E-state index contributed by atoms with van der Waals surface area (Å²) in [6, 6.07) is 0. The minimum absolute atomic E-state index is 0.587. The molecule has 4 heteroatoms. The quantitative estimate of drug-likeness (QED) is 0.822. The van der Waals surface area contributed by atoms with Crippen LogP contribution in [-0.4, -0.2) is 23.4 Å². The van der Waals surface area contributed by atoms with Gasteiger partial charge in [-0.3, -0.25) is 0 Å².